The lowest BCUT2D eigenvalue weighted by Crippen LogP contribution is -2.22. The highest BCUT2D eigenvalue weighted by molar-refractivity contribution is 5.82. The van der Waals surface area contributed by atoms with Crippen LogP contribution in [-0.4, -0.2) is 69.8 Å². The zero-order valence-electron chi connectivity index (χ0n) is 14.0. The molecule has 0 spiro atoms. The van der Waals surface area contributed by atoms with Crippen LogP contribution in [0.1, 0.15) is 18.7 Å². The molecule has 0 saturated carbocycles. The standard InChI is InChI=1S/C14H20F3N7O/c1-23(2)6-5-18-11-10-12(20-13(19-11)14(15,16)17)24(22-21-10)8-9-4-3-7-25-9/h9H,3-8H2,1-2H3,(H,18,19,20)/t9-/m1/s1. The fourth-order valence-electron chi connectivity index (χ4n) is 2.61. The van der Waals surface area contributed by atoms with Gasteiger partial charge in [-0.1, -0.05) is 5.21 Å². The molecule has 0 radical (unpaired) electrons. The lowest BCUT2D eigenvalue weighted by Gasteiger charge is -2.13. The summed E-state index contributed by atoms with van der Waals surface area (Å²) in [5.41, 5.74) is 0.287. The fraction of sp³-hybridized carbons (Fsp3) is 0.714. The summed E-state index contributed by atoms with van der Waals surface area (Å²) in [6.07, 6.45) is -2.96. The topological polar surface area (TPSA) is 81.0 Å². The number of halogens is 3. The molecule has 0 unspecified atom stereocenters. The van der Waals surface area contributed by atoms with E-state index < -0.39 is 12.0 Å². The van der Waals surface area contributed by atoms with Crippen molar-refractivity contribution >= 4 is 17.0 Å². The summed E-state index contributed by atoms with van der Waals surface area (Å²) in [6.45, 7) is 2.03. The summed E-state index contributed by atoms with van der Waals surface area (Å²) >= 11 is 0. The molecule has 3 rings (SSSR count). The highest BCUT2D eigenvalue weighted by atomic mass is 19.4. The van der Waals surface area contributed by atoms with E-state index in [4.69, 9.17) is 4.74 Å². The van der Waals surface area contributed by atoms with Crippen LogP contribution >= 0.6 is 0 Å². The van der Waals surface area contributed by atoms with Gasteiger partial charge in [0.1, 0.15) is 0 Å². The maximum Gasteiger partial charge on any atom is 0.451 e. The highest BCUT2D eigenvalue weighted by Gasteiger charge is 2.36. The van der Waals surface area contributed by atoms with Crippen LogP contribution in [0.4, 0.5) is 19.0 Å². The Bertz CT molecular complexity index is 725. The van der Waals surface area contributed by atoms with Crippen LogP contribution in [0.5, 0.6) is 0 Å². The number of nitrogens with zero attached hydrogens (tertiary/aromatic N) is 6. The van der Waals surface area contributed by atoms with Gasteiger partial charge in [-0.15, -0.1) is 5.10 Å². The third-order valence-electron chi connectivity index (χ3n) is 3.87. The molecule has 3 heterocycles. The van der Waals surface area contributed by atoms with Crippen molar-refractivity contribution in [1.29, 1.82) is 0 Å². The molecule has 1 aliphatic heterocycles. The van der Waals surface area contributed by atoms with Gasteiger partial charge in [-0.2, -0.15) is 13.2 Å². The second kappa shape index (κ2) is 7.08. The third kappa shape index (κ3) is 4.15. The van der Waals surface area contributed by atoms with Gasteiger partial charge in [-0.25, -0.2) is 14.6 Å². The molecular weight excluding hydrogens is 339 g/mol. The molecule has 1 saturated heterocycles. The van der Waals surface area contributed by atoms with Crippen LogP contribution in [0.25, 0.3) is 11.2 Å². The number of alkyl halides is 3. The van der Waals surface area contributed by atoms with Gasteiger partial charge in [0.05, 0.1) is 12.6 Å². The summed E-state index contributed by atoms with van der Waals surface area (Å²) in [6, 6.07) is 0. The van der Waals surface area contributed by atoms with Crippen molar-refractivity contribution in [3.8, 4) is 0 Å². The van der Waals surface area contributed by atoms with E-state index in [1.54, 1.807) is 0 Å². The molecule has 11 heteroatoms. The molecule has 0 aliphatic carbocycles. The number of anilines is 1. The van der Waals surface area contributed by atoms with Crippen molar-refractivity contribution in [3.05, 3.63) is 5.82 Å². The minimum atomic E-state index is -4.65. The van der Waals surface area contributed by atoms with E-state index in [-0.39, 0.29) is 23.1 Å². The predicted octanol–water partition coefficient (Wildman–Crippen LogP) is 1.39. The number of hydrogen-bond donors (Lipinski definition) is 1. The van der Waals surface area contributed by atoms with Crippen LogP contribution < -0.4 is 5.32 Å². The molecule has 138 valence electrons. The first-order valence-electron chi connectivity index (χ1n) is 8.03. The Morgan fingerprint density at radius 1 is 1.32 bits per heavy atom. The molecule has 25 heavy (non-hydrogen) atoms. The predicted molar refractivity (Wildman–Crippen MR) is 84.1 cm³/mol. The molecule has 1 aliphatic rings. The molecule has 2 aromatic rings. The van der Waals surface area contributed by atoms with Crippen LogP contribution in [0.2, 0.25) is 0 Å². The summed E-state index contributed by atoms with van der Waals surface area (Å²) in [4.78, 5) is 9.16. The SMILES string of the molecule is CN(C)CCNc1nc(C(F)(F)F)nc2c1nnn2C[C@H]1CCCO1. The van der Waals surface area contributed by atoms with E-state index in [1.165, 1.54) is 4.68 Å². The van der Waals surface area contributed by atoms with Crippen molar-refractivity contribution < 1.29 is 17.9 Å². The summed E-state index contributed by atoms with van der Waals surface area (Å²) in [5, 5.41) is 10.8. The Hall–Kier alpha value is -2.01. The van der Waals surface area contributed by atoms with Crippen LogP contribution in [0.15, 0.2) is 0 Å². The van der Waals surface area contributed by atoms with Gasteiger partial charge in [0, 0.05) is 19.7 Å². The van der Waals surface area contributed by atoms with Crippen LogP contribution in [-0.2, 0) is 17.5 Å². The van der Waals surface area contributed by atoms with Crippen molar-refractivity contribution in [2.24, 2.45) is 0 Å². The van der Waals surface area contributed by atoms with Crippen molar-refractivity contribution in [1.82, 2.24) is 29.9 Å². The van der Waals surface area contributed by atoms with Gasteiger partial charge in [0.2, 0.25) is 5.82 Å². The number of aromatic nitrogens is 5. The van der Waals surface area contributed by atoms with E-state index >= 15 is 0 Å². The molecular formula is C14H20F3N7O. The number of likely N-dealkylation sites (N-methyl/N-ethyl adjacent to an activating group) is 1. The number of rotatable bonds is 6. The average molecular weight is 359 g/mol. The Kier molecular flexibility index (Phi) is 5.04. The Morgan fingerprint density at radius 3 is 2.76 bits per heavy atom. The molecule has 8 nitrogen and oxygen atoms in total. The summed E-state index contributed by atoms with van der Waals surface area (Å²) in [7, 11) is 3.74. The van der Waals surface area contributed by atoms with E-state index in [2.05, 4.69) is 25.6 Å². The van der Waals surface area contributed by atoms with Gasteiger partial charge < -0.3 is 15.0 Å². The molecule has 1 fully saturated rings. The van der Waals surface area contributed by atoms with Crippen molar-refractivity contribution in [2.45, 2.75) is 31.7 Å². The lowest BCUT2D eigenvalue weighted by atomic mass is 10.2. The highest BCUT2D eigenvalue weighted by Crippen LogP contribution is 2.29. The third-order valence-corrected chi connectivity index (χ3v) is 3.87. The Balaban J connectivity index is 1.94. The fourth-order valence-corrected chi connectivity index (χ4v) is 2.61. The van der Waals surface area contributed by atoms with E-state index in [1.807, 2.05) is 19.0 Å². The molecule has 1 N–H and O–H groups in total. The average Bonchev–Trinajstić information content (AvgIpc) is 3.17. The summed E-state index contributed by atoms with van der Waals surface area (Å²) in [5.74, 6) is -1.17. The van der Waals surface area contributed by atoms with Gasteiger partial charge >= 0.3 is 6.18 Å². The lowest BCUT2D eigenvalue weighted by molar-refractivity contribution is -0.144. The monoisotopic (exact) mass is 359 g/mol. The number of nitrogens with one attached hydrogen (secondary N) is 1. The zero-order chi connectivity index (χ0) is 18.0. The van der Waals surface area contributed by atoms with E-state index in [9.17, 15) is 13.2 Å². The maximum absolute atomic E-state index is 13.2. The van der Waals surface area contributed by atoms with E-state index in [0.29, 0.717) is 26.2 Å². The van der Waals surface area contributed by atoms with Gasteiger partial charge in [-0.3, -0.25) is 0 Å². The van der Waals surface area contributed by atoms with Crippen LogP contribution in [0.3, 0.4) is 0 Å². The minimum Gasteiger partial charge on any atom is -0.376 e. The molecule has 2 aromatic heterocycles. The van der Waals surface area contributed by atoms with Gasteiger partial charge in [-0.05, 0) is 26.9 Å². The molecule has 0 aromatic carbocycles. The first-order valence-corrected chi connectivity index (χ1v) is 8.03. The van der Waals surface area contributed by atoms with E-state index in [0.717, 1.165) is 12.8 Å². The second-order valence-electron chi connectivity index (χ2n) is 6.20. The normalized spacial score (nSPS) is 18.4. The number of ether oxygens (including phenoxy) is 1. The quantitative estimate of drug-likeness (QED) is 0.835. The second-order valence-corrected chi connectivity index (χ2v) is 6.20. The van der Waals surface area contributed by atoms with Gasteiger partial charge in [0.25, 0.3) is 0 Å². The molecule has 0 bridgehead atoms. The van der Waals surface area contributed by atoms with Crippen molar-refractivity contribution in [3.63, 3.8) is 0 Å². The number of fused-ring (bicyclic) bond motifs is 1. The zero-order valence-corrected chi connectivity index (χ0v) is 14.0. The molecule has 1 atom stereocenters. The number of hydrogen-bond acceptors (Lipinski definition) is 7. The maximum atomic E-state index is 13.2. The minimum absolute atomic E-state index is 0.0396. The Labute approximate surface area is 142 Å². The molecule has 0 amide bonds. The first-order chi connectivity index (χ1) is 11.8. The largest absolute Gasteiger partial charge is 0.451 e. The Morgan fingerprint density at radius 2 is 2.12 bits per heavy atom. The smallest absolute Gasteiger partial charge is 0.376 e. The summed E-state index contributed by atoms with van der Waals surface area (Å²) < 4.78 is 46.3. The van der Waals surface area contributed by atoms with Crippen LogP contribution in [0, 0.1) is 0 Å². The first kappa shape index (κ1) is 17.8. The van der Waals surface area contributed by atoms with Gasteiger partial charge in [0.15, 0.2) is 17.0 Å². The van der Waals surface area contributed by atoms with Crippen molar-refractivity contribution in [2.75, 3.05) is 39.1 Å².